The fourth-order valence-electron chi connectivity index (χ4n) is 2.94. The molecule has 1 aliphatic heterocycles. The first-order chi connectivity index (χ1) is 12.3. The molecule has 0 saturated carbocycles. The number of nitro groups is 1. The predicted octanol–water partition coefficient (Wildman–Crippen LogP) is 3.18. The van der Waals surface area contributed by atoms with Gasteiger partial charge in [-0.05, 0) is 23.6 Å². The largest absolute Gasteiger partial charge is 0.370 e. The van der Waals surface area contributed by atoms with Crippen molar-refractivity contribution in [2.24, 2.45) is 0 Å². The van der Waals surface area contributed by atoms with E-state index in [9.17, 15) is 18.5 Å². The molecule has 10 heteroatoms. The maximum atomic E-state index is 11.6. The van der Waals surface area contributed by atoms with Crippen LogP contribution >= 0.6 is 22.9 Å². The van der Waals surface area contributed by atoms with Gasteiger partial charge in [0.25, 0.3) is 0 Å². The van der Waals surface area contributed by atoms with Crippen LogP contribution in [0.1, 0.15) is 11.1 Å². The molecule has 0 unspecified atom stereocenters. The van der Waals surface area contributed by atoms with E-state index < -0.39 is 14.8 Å². The highest BCUT2D eigenvalue weighted by molar-refractivity contribution is 7.92. The maximum Gasteiger partial charge on any atom is 0.304 e. The fourth-order valence-corrected chi connectivity index (χ4v) is 5.20. The van der Waals surface area contributed by atoms with Gasteiger partial charge in [-0.25, -0.2) is 8.42 Å². The first kappa shape index (κ1) is 19.1. The standard InChI is InChI=1S/C16H18ClN3O4S2/c1-26(23,24)15-9-14(20(21)22)16(25-15)18-6-8-19-7-5-12-11(10-19)3-2-4-13(12)17/h2-4,9,18H,5-8,10H2,1H3. The molecule has 0 aliphatic carbocycles. The van der Waals surface area contributed by atoms with Crippen molar-refractivity contribution in [1.29, 1.82) is 0 Å². The van der Waals surface area contributed by atoms with E-state index in [4.69, 9.17) is 11.6 Å². The molecule has 7 nitrogen and oxygen atoms in total. The van der Waals surface area contributed by atoms with Crippen molar-refractivity contribution in [3.8, 4) is 0 Å². The zero-order chi connectivity index (χ0) is 18.9. The van der Waals surface area contributed by atoms with Gasteiger partial charge in [0.2, 0.25) is 0 Å². The number of rotatable bonds is 6. The fraction of sp³-hybridized carbons (Fsp3) is 0.375. The van der Waals surface area contributed by atoms with Crippen LogP contribution in [0.25, 0.3) is 0 Å². The highest BCUT2D eigenvalue weighted by Gasteiger charge is 2.24. The Bertz CT molecular complexity index is 943. The van der Waals surface area contributed by atoms with Crippen molar-refractivity contribution < 1.29 is 13.3 Å². The van der Waals surface area contributed by atoms with Crippen LogP contribution in [0.4, 0.5) is 10.7 Å². The summed E-state index contributed by atoms with van der Waals surface area (Å²) in [6, 6.07) is 7.00. The Labute approximate surface area is 160 Å². The van der Waals surface area contributed by atoms with E-state index in [1.54, 1.807) is 0 Å². The number of fused-ring (bicyclic) bond motifs is 1. The summed E-state index contributed by atoms with van der Waals surface area (Å²) in [6.45, 7) is 2.81. The summed E-state index contributed by atoms with van der Waals surface area (Å²) in [5.74, 6) is 0. The summed E-state index contributed by atoms with van der Waals surface area (Å²) in [6.07, 6.45) is 1.91. The summed E-state index contributed by atoms with van der Waals surface area (Å²) in [4.78, 5) is 12.8. The van der Waals surface area contributed by atoms with Crippen molar-refractivity contribution in [2.45, 2.75) is 17.2 Å². The molecule has 0 spiro atoms. The molecule has 0 radical (unpaired) electrons. The first-order valence-corrected chi connectivity index (χ1v) is 11.0. The Morgan fingerprint density at radius 3 is 2.88 bits per heavy atom. The summed E-state index contributed by atoms with van der Waals surface area (Å²) >= 11 is 7.11. The molecule has 1 aliphatic rings. The second-order valence-corrected chi connectivity index (χ2v) is 9.84. The van der Waals surface area contributed by atoms with E-state index in [2.05, 4.69) is 16.3 Å². The molecular formula is C16H18ClN3O4S2. The molecule has 0 amide bonds. The van der Waals surface area contributed by atoms with Gasteiger partial charge in [0.15, 0.2) is 14.8 Å². The van der Waals surface area contributed by atoms with E-state index in [0.717, 1.165) is 48.2 Å². The third kappa shape index (κ3) is 4.17. The average molecular weight is 416 g/mol. The van der Waals surface area contributed by atoms with Crippen LogP contribution in [-0.4, -0.2) is 44.1 Å². The van der Waals surface area contributed by atoms with Crippen LogP contribution in [0.3, 0.4) is 0 Å². The zero-order valence-electron chi connectivity index (χ0n) is 14.1. The zero-order valence-corrected chi connectivity index (χ0v) is 16.5. The van der Waals surface area contributed by atoms with Gasteiger partial charge in [-0.2, -0.15) is 0 Å². The number of hydrogen-bond donors (Lipinski definition) is 1. The monoisotopic (exact) mass is 415 g/mol. The lowest BCUT2D eigenvalue weighted by Crippen LogP contribution is -2.34. The van der Waals surface area contributed by atoms with E-state index in [1.807, 2.05) is 12.1 Å². The minimum atomic E-state index is -3.47. The third-order valence-electron chi connectivity index (χ3n) is 4.25. The highest BCUT2D eigenvalue weighted by Crippen LogP contribution is 2.36. The minimum absolute atomic E-state index is 0.00626. The SMILES string of the molecule is CS(=O)(=O)c1cc([N+](=O)[O-])c(NCCN2CCc3c(Cl)cccc3C2)s1. The Morgan fingerprint density at radius 2 is 2.19 bits per heavy atom. The molecule has 0 bridgehead atoms. The van der Waals surface area contributed by atoms with Gasteiger partial charge in [-0.15, -0.1) is 0 Å². The Balaban J connectivity index is 1.64. The highest BCUT2D eigenvalue weighted by atomic mass is 35.5. The third-order valence-corrected chi connectivity index (χ3v) is 7.49. The van der Waals surface area contributed by atoms with Crippen LogP contribution < -0.4 is 5.32 Å². The Morgan fingerprint density at radius 1 is 1.42 bits per heavy atom. The molecule has 0 saturated heterocycles. The molecule has 26 heavy (non-hydrogen) atoms. The Kier molecular flexibility index (Phi) is 5.52. The smallest absolute Gasteiger partial charge is 0.304 e. The number of anilines is 1. The lowest BCUT2D eigenvalue weighted by atomic mass is 10.00. The van der Waals surface area contributed by atoms with Crippen molar-refractivity contribution in [1.82, 2.24) is 4.90 Å². The second-order valence-electron chi connectivity index (χ2n) is 6.14. The molecule has 1 aromatic heterocycles. The summed E-state index contributed by atoms with van der Waals surface area (Å²) in [5.41, 5.74) is 2.18. The van der Waals surface area contributed by atoms with E-state index in [0.29, 0.717) is 13.1 Å². The number of hydrogen-bond acceptors (Lipinski definition) is 7. The summed E-state index contributed by atoms with van der Waals surface area (Å²) in [5, 5.41) is 15.2. The number of sulfone groups is 1. The summed E-state index contributed by atoms with van der Waals surface area (Å²) < 4.78 is 23.2. The molecule has 2 heterocycles. The number of halogens is 1. The van der Waals surface area contributed by atoms with Gasteiger partial charge in [0, 0.05) is 43.5 Å². The molecule has 0 atom stereocenters. The van der Waals surface area contributed by atoms with Crippen LogP contribution in [0.15, 0.2) is 28.5 Å². The number of nitrogens with one attached hydrogen (secondary N) is 1. The number of nitrogens with zero attached hydrogens (tertiary/aromatic N) is 2. The quantitative estimate of drug-likeness (QED) is 0.575. The molecule has 1 aromatic carbocycles. The predicted molar refractivity (Wildman–Crippen MR) is 103 cm³/mol. The van der Waals surface area contributed by atoms with Crippen LogP contribution in [0, 0.1) is 10.1 Å². The van der Waals surface area contributed by atoms with Crippen molar-refractivity contribution in [3.63, 3.8) is 0 Å². The van der Waals surface area contributed by atoms with E-state index in [1.165, 1.54) is 11.1 Å². The Hall–Kier alpha value is -1.68. The molecular weight excluding hydrogens is 398 g/mol. The van der Waals surface area contributed by atoms with Gasteiger partial charge in [-0.1, -0.05) is 35.1 Å². The van der Waals surface area contributed by atoms with E-state index in [-0.39, 0.29) is 14.9 Å². The van der Waals surface area contributed by atoms with Gasteiger partial charge in [-0.3, -0.25) is 15.0 Å². The van der Waals surface area contributed by atoms with Crippen molar-refractivity contribution >= 4 is 43.5 Å². The van der Waals surface area contributed by atoms with Gasteiger partial charge < -0.3 is 5.32 Å². The number of thiophene rings is 1. The van der Waals surface area contributed by atoms with E-state index >= 15 is 0 Å². The first-order valence-electron chi connectivity index (χ1n) is 7.96. The van der Waals surface area contributed by atoms with Crippen molar-refractivity contribution in [3.05, 3.63) is 50.5 Å². The maximum absolute atomic E-state index is 11.6. The molecule has 1 N–H and O–H groups in total. The van der Waals surface area contributed by atoms with Crippen LogP contribution in [0.5, 0.6) is 0 Å². The van der Waals surface area contributed by atoms with Gasteiger partial charge >= 0.3 is 5.69 Å². The van der Waals surface area contributed by atoms with Gasteiger partial charge in [0.1, 0.15) is 4.21 Å². The molecule has 2 aromatic rings. The van der Waals surface area contributed by atoms with Gasteiger partial charge in [0.05, 0.1) is 4.92 Å². The topological polar surface area (TPSA) is 92.5 Å². The van der Waals surface area contributed by atoms with Crippen LogP contribution in [-0.2, 0) is 22.8 Å². The molecule has 0 fully saturated rings. The lowest BCUT2D eigenvalue weighted by molar-refractivity contribution is -0.383. The molecule has 140 valence electrons. The molecule has 3 rings (SSSR count). The second kappa shape index (κ2) is 7.51. The summed E-state index contributed by atoms with van der Waals surface area (Å²) in [7, 11) is -3.47. The average Bonchev–Trinajstić information content (AvgIpc) is 3.00. The van der Waals surface area contributed by atoms with Crippen LogP contribution in [0.2, 0.25) is 5.02 Å². The van der Waals surface area contributed by atoms with Crippen molar-refractivity contribution in [2.75, 3.05) is 31.2 Å². The normalized spacial score (nSPS) is 14.8. The number of benzene rings is 1. The minimum Gasteiger partial charge on any atom is -0.370 e. The lowest BCUT2D eigenvalue weighted by Gasteiger charge is -2.29.